The van der Waals surface area contributed by atoms with Crippen molar-refractivity contribution in [2.45, 2.75) is 19.4 Å². The molecule has 0 radical (unpaired) electrons. The molecule has 17 heavy (non-hydrogen) atoms. The van der Waals surface area contributed by atoms with E-state index in [4.69, 9.17) is 0 Å². The molecule has 0 saturated carbocycles. The van der Waals surface area contributed by atoms with Crippen LogP contribution in [0.2, 0.25) is 0 Å². The Morgan fingerprint density at radius 3 is 2.59 bits per heavy atom. The molecule has 0 aliphatic rings. The summed E-state index contributed by atoms with van der Waals surface area (Å²) < 4.78 is 5.66. The summed E-state index contributed by atoms with van der Waals surface area (Å²) in [6.45, 7) is 2.02. The van der Waals surface area contributed by atoms with E-state index in [1.807, 2.05) is 19.1 Å². The summed E-state index contributed by atoms with van der Waals surface area (Å²) in [6, 6.07) is 8.28. The Labute approximate surface area is 110 Å². The number of rotatable bonds is 4. The molecule has 0 heterocycles. The number of nitrogens with zero attached hydrogens (tertiary/aromatic N) is 1. The van der Waals surface area contributed by atoms with Crippen molar-refractivity contribution in [2.24, 2.45) is 0 Å². The van der Waals surface area contributed by atoms with Crippen molar-refractivity contribution >= 4 is 22.0 Å². The zero-order chi connectivity index (χ0) is 12.8. The predicted octanol–water partition coefficient (Wildman–Crippen LogP) is 2.58. The number of hydrogen-bond donors (Lipinski definition) is 1. The van der Waals surface area contributed by atoms with Gasteiger partial charge in [-0.25, -0.2) is 15.2 Å². The number of carbonyl (C=O) groups excluding carboxylic acids is 1. The van der Waals surface area contributed by atoms with E-state index in [1.165, 1.54) is 17.7 Å². The van der Waals surface area contributed by atoms with Gasteiger partial charge in [-0.15, -0.1) is 0 Å². The predicted molar refractivity (Wildman–Crippen MR) is 70.6 cm³/mol. The number of benzene rings is 1. The van der Waals surface area contributed by atoms with Crippen molar-refractivity contribution in [1.29, 1.82) is 0 Å². The number of halogens is 1. The molecular weight excluding hydrogens is 284 g/mol. The molecule has 4 nitrogen and oxygen atoms in total. The SMILES string of the molecule is COC(=O)N(C)N[C@H](C)Cc1ccc(Br)cc1. The Morgan fingerprint density at radius 2 is 2.06 bits per heavy atom. The van der Waals surface area contributed by atoms with E-state index in [0.29, 0.717) is 0 Å². The third-order valence-electron chi connectivity index (χ3n) is 2.32. The summed E-state index contributed by atoms with van der Waals surface area (Å²) in [4.78, 5) is 11.2. The van der Waals surface area contributed by atoms with Gasteiger partial charge in [0, 0.05) is 17.6 Å². The van der Waals surface area contributed by atoms with Gasteiger partial charge in [0.05, 0.1) is 7.11 Å². The fraction of sp³-hybridized carbons (Fsp3) is 0.417. The maximum atomic E-state index is 11.2. The van der Waals surface area contributed by atoms with Gasteiger partial charge in [-0.3, -0.25) is 0 Å². The Hall–Kier alpha value is -1.07. The Balaban J connectivity index is 2.46. The average Bonchev–Trinajstić information content (AvgIpc) is 2.30. The minimum Gasteiger partial charge on any atom is -0.452 e. The molecule has 1 aromatic rings. The monoisotopic (exact) mass is 300 g/mol. The highest BCUT2D eigenvalue weighted by Crippen LogP contribution is 2.11. The molecule has 1 amide bonds. The number of amides is 1. The lowest BCUT2D eigenvalue weighted by Crippen LogP contribution is -2.45. The molecule has 1 aromatic carbocycles. The quantitative estimate of drug-likeness (QED) is 0.869. The van der Waals surface area contributed by atoms with E-state index in [1.54, 1.807) is 7.05 Å². The van der Waals surface area contributed by atoms with Gasteiger partial charge in [0.15, 0.2) is 0 Å². The van der Waals surface area contributed by atoms with Crippen molar-refractivity contribution in [1.82, 2.24) is 10.4 Å². The van der Waals surface area contributed by atoms with Crippen LogP contribution in [0.4, 0.5) is 4.79 Å². The summed E-state index contributed by atoms with van der Waals surface area (Å²) in [5.74, 6) is 0. The third kappa shape index (κ3) is 4.75. The highest BCUT2D eigenvalue weighted by Gasteiger charge is 2.11. The van der Waals surface area contributed by atoms with Gasteiger partial charge in [0.1, 0.15) is 0 Å². The van der Waals surface area contributed by atoms with Crippen LogP contribution in [-0.2, 0) is 11.2 Å². The van der Waals surface area contributed by atoms with E-state index >= 15 is 0 Å². The highest BCUT2D eigenvalue weighted by molar-refractivity contribution is 9.10. The third-order valence-corrected chi connectivity index (χ3v) is 2.85. The zero-order valence-corrected chi connectivity index (χ0v) is 11.8. The summed E-state index contributed by atoms with van der Waals surface area (Å²) in [7, 11) is 3.00. The molecule has 0 saturated heterocycles. The van der Waals surface area contributed by atoms with Crippen molar-refractivity contribution in [3.8, 4) is 0 Å². The summed E-state index contributed by atoms with van der Waals surface area (Å²) >= 11 is 3.40. The number of ether oxygens (including phenoxy) is 1. The van der Waals surface area contributed by atoms with Gasteiger partial charge in [-0.2, -0.15) is 0 Å². The molecule has 1 atom stereocenters. The van der Waals surface area contributed by atoms with Gasteiger partial charge < -0.3 is 4.74 Å². The van der Waals surface area contributed by atoms with Gasteiger partial charge in [0.25, 0.3) is 0 Å². The molecule has 94 valence electrons. The smallest absolute Gasteiger partial charge is 0.423 e. The van der Waals surface area contributed by atoms with Crippen LogP contribution in [0.25, 0.3) is 0 Å². The lowest BCUT2D eigenvalue weighted by molar-refractivity contribution is 0.107. The molecule has 0 aromatic heterocycles. The second-order valence-electron chi connectivity index (χ2n) is 3.89. The standard InChI is InChI=1S/C12H17BrN2O2/c1-9(14-15(2)12(16)17-3)8-10-4-6-11(13)7-5-10/h4-7,9,14H,8H2,1-3H3/t9-/m1/s1. The van der Waals surface area contributed by atoms with Crippen LogP contribution in [-0.4, -0.2) is 31.3 Å². The van der Waals surface area contributed by atoms with Crippen molar-refractivity contribution in [3.05, 3.63) is 34.3 Å². The number of hydrazine groups is 1. The van der Waals surface area contributed by atoms with Crippen LogP contribution in [0.3, 0.4) is 0 Å². The van der Waals surface area contributed by atoms with E-state index < -0.39 is 6.09 Å². The van der Waals surface area contributed by atoms with Crippen molar-refractivity contribution < 1.29 is 9.53 Å². The van der Waals surface area contributed by atoms with E-state index in [-0.39, 0.29) is 6.04 Å². The summed E-state index contributed by atoms with van der Waals surface area (Å²) in [5, 5.41) is 1.35. The topological polar surface area (TPSA) is 41.6 Å². The normalized spacial score (nSPS) is 12.0. The van der Waals surface area contributed by atoms with E-state index in [0.717, 1.165) is 10.9 Å². The molecule has 1 rings (SSSR count). The minimum absolute atomic E-state index is 0.153. The Morgan fingerprint density at radius 1 is 1.47 bits per heavy atom. The van der Waals surface area contributed by atoms with E-state index in [2.05, 4.69) is 38.2 Å². The first-order valence-corrected chi connectivity index (χ1v) is 6.14. The first-order chi connectivity index (χ1) is 8.02. The fourth-order valence-electron chi connectivity index (χ4n) is 1.54. The van der Waals surface area contributed by atoms with Crippen LogP contribution in [0, 0.1) is 0 Å². The van der Waals surface area contributed by atoms with Gasteiger partial charge in [-0.05, 0) is 31.0 Å². The van der Waals surface area contributed by atoms with Gasteiger partial charge in [0.2, 0.25) is 0 Å². The maximum absolute atomic E-state index is 11.2. The molecular formula is C12H17BrN2O2. The molecule has 0 aliphatic heterocycles. The van der Waals surface area contributed by atoms with E-state index in [9.17, 15) is 4.79 Å². The van der Waals surface area contributed by atoms with Crippen LogP contribution in [0.15, 0.2) is 28.7 Å². The number of methoxy groups -OCH3 is 1. The number of hydrogen-bond acceptors (Lipinski definition) is 3. The fourth-order valence-corrected chi connectivity index (χ4v) is 1.80. The van der Waals surface area contributed by atoms with Gasteiger partial charge >= 0.3 is 6.09 Å². The Bertz CT molecular complexity index is 367. The first-order valence-electron chi connectivity index (χ1n) is 5.35. The number of carbonyl (C=O) groups is 1. The van der Waals surface area contributed by atoms with Crippen LogP contribution in [0.1, 0.15) is 12.5 Å². The summed E-state index contributed by atoms with van der Waals surface area (Å²) in [6.07, 6.45) is 0.446. The van der Waals surface area contributed by atoms with Crippen molar-refractivity contribution in [2.75, 3.05) is 14.2 Å². The average molecular weight is 301 g/mol. The summed E-state index contributed by atoms with van der Waals surface area (Å²) in [5.41, 5.74) is 4.26. The molecule has 0 spiro atoms. The molecule has 0 bridgehead atoms. The first kappa shape index (κ1) is 14.0. The zero-order valence-electron chi connectivity index (χ0n) is 10.2. The molecule has 0 aliphatic carbocycles. The second kappa shape index (κ2) is 6.61. The van der Waals surface area contributed by atoms with Crippen molar-refractivity contribution in [3.63, 3.8) is 0 Å². The molecule has 1 N–H and O–H groups in total. The van der Waals surface area contributed by atoms with Crippen LogP contribution in [0.5, 0.6) is 0 Å². The largest absolute Gasteiger partial charge is 0.452 e. The van der Waals surface area contributed by atoms with Crippen LogP contribution < -0.4 is 5.43 Å². The molecule has 0 unspecified atom stereocenters. The lowest BCUT2D eigenvalue weighted by atomic mass is 10.1. The number of nitrogens with one attached hydrogen (secondary N) is 1. The molecule has 5 heteroatoms. The maximum Gasteiger partial charge on any atom is 0.423 e. The molecule has 0 fully saturated rings. The van der Waals surface area contributed by atoms with Crippen LogP contribution >= 0.6 is 15.9 Å². The second-order valence-corrected chi connectivity index (χ2v) is 4.81. The Kier molecular flexibility index (Phi) is 5.44. The van der Waals surface area contributed by atoms with Gasteiger partial charge in [-0.1, -0.05) is 28.1 Å². The minimum atomic E-state index is -0.396. The highest BCUT2D eigenvalue weighted by atomic mass is 79.9. The lowest BCUT2D eigenvalue weighted by Gasteiger charge is -2.22.